The molecule has 0 saturated carbocycles. The Morgan fingerprint density at radius 1 is 1.33 bits per heavy atom. The van der Waals surface area contributed by atoms with Crippen molar-refractivity contribution in [2.75, 3.05) is 19.7 Å². The minimum atomic E-state index is -0.347. The minimum absolute atomic E-state index is 0.347. The Labute approximate surface area is 136 Å². The van der Waals surface area contributed by atoms with E-state index in [4.69, 9.17) is 27.9 Å². The van der Waals surface area contributed by atoms with Crippen LogP contribution < -0.4 is 0 Å². The van der Waals surface area contributed by atoms with Gasteiger partial charge in [0.25, 0.3) is 0 Å². The minimum Gasteiger partial charge on any atom is -0.462 e. The van der Waals surface area contributed by atoms with E-state index < -0.39 is 0 Å². The smallest absolute Gasteiger partial charge is 0.338 e. The van der Waals surface area contributed by atoms with Gasteiger partial charge in [-0.2, -0.15) is 0 Å². The molecule has 0 radical (unpaired) electrons. The van der Waals surface area contributed by atoms with Crippen molar-refractivity contribution in [2.45, 2.75) is 38.6 Å². The third-order valence-electron chi connectivity index (χ3n) is 3.92. The standard InChI is InChI=1S/C16H21Cl2NO2/c1-12-5-2-3-8-19(12)9-4-10-21-16(20)13-6-7-14(17)15(18)11-13/h6-7,11-12H,2-5,8-10H2,1H3/t12-/m0/s1. The lowest BCUT2D eigenvalue weighted by molar-refractivity contribution is 0.0475. The Morgan fingerprint density at radius 3 is 2.86 bits per heavy atom. The molecule has 1 heterocycles. The summed E-state index contributed by atoms with van der Waals surface area (Å²) in [6.07, 6.45) is 4.72. The number of esters is 1. The Kier molecular flexibility index (Phi) is 6.34. The van der Waals surface area contributed by atoms with E-state index in [1.165, 1.54) is 19.3 Å². The average Bonchev–Trinajstić information content (AvgIpc) is 2.48. The highest BCUT2D eigenvalue weighted by Gasteiger charge is 2.17. The first-order valence-corrected chi connectivity index (χ1v) is 8.20. The Bertz CT molecular complexity index is 493. The van der Waals surface area contributed by atoms with Crippen molar-refractivity contribution in [1.82, 2.24) is 4.90 Å². The molecule has 21 heavy (non-hydrogen) atoms. The van der Waals surface area contributed by atoms with Crippen LogP contribution in [-0.2, 0) is 4.74 Å². The number of ether oxygens (including phenoxy) is 1. The van der Waals surface area contributed by atoms with Crippen LogP contribution in [0.15, 0.2) is 18.2 Å². The van der Waals surface area contributed by atoms with Crippen LogP contribution in [0, 0.1) is 0 Å². The van der Waals surface area contributed by atoms with E-state index in [0.29, 0.717) is 28.3 Å². The summed E-state index contributed by atoms with van der Waals surface area (Å²) in [6.45, 7) is 4.83. The van der Waals surface area contributed by atoms with E-state index in [1.807, 2.05) is 0 Å². The van der Waals surface area contributed by atoms with Gasteiger partial charge in [-0.1, -0.05) is 29.6 Å². The monoisotopic (exact) mass is 329 g/mol. The molecule has 0 N–H and O–H groups in total. The normalized spacial score (nSPS) is 19.5. The number of piperidine rings is 1. The SMILES string of the molecule is C[C@H]1CCCCN1CCCOC(=O)c1ccc(Cl)c(Cl)c1. The van der Waals surface area contributed by atoms with Gasteiger partial charge < -0.3 is 9.64 Å². The summed E-state index contributed by atoms with van der Waals surface area (Å²) in [6, 6.07) is 5.42. The molecule has 3 nitrogen and oxygen atoms in total. The number of carbonyl (C=O) groups is 1. The molecular weight excluding hydrogens is 309 g/mol. The number of carbonyl (C=O) groups excluding carboxylic acids is 1. The third-order valence-corrected chi connectivity index (χ3v) is 4.66. The molecule has 1 aliphatic rings. The summed E-state index contributed by atoms with van der Waals surface area (Å²) < 4.78 is 5.28. The van der Waals surface area contributed by atoms with Crippen LogP contribution in [0.25, 0.3) is 0 Å². The fourth-order valence-electron chi connectivity index (χ4n) is 2.63. The first-order chi connectivity index (χ1) is 10.1. The molecule has 0 bridgehead atoms. The van der Waals surface area contributed by atoms with Crippen LogP contribution in [0.4, 0.5) is 0 Å². The number of rotatable bonds is 5. The molecule has 2 rings (SSSR count). The summed E-state index contributed by atoms with van der Waals surface area (Å²) in [7, 11) is 0. The largest absolute Gasteiger partial charge is 0.462 e. The Balaban J connectivity index is 1.72. The molecule has 1 aromatic rings. The van der Waals surface area contributed by atoms with Crippen LogP contribution >= 0.6 is 23.2 Å². The van der Waals surface area contributed by atoms with Gasteiger partial charge in [-0.3, -0.25) is 0 Å². The number of likely N-dealkylation sites (tertiary alicyclic amines) is 1. The molecule has 116 valence electrons. The highest BCUT2D eigenvalue weighted by Crippen LogP contribution is 2.23. The second-order valence-electron chi connectivity index (χ2n) is 5.50. The molecule has 1 atom stereocenters. The van der Waals surface area contributed by atoms with Crippen LogP contribution in [0.5, 0.6) is 0 Å². The van der Waals surface area contributed by atoms with E-state index in [-0.39, 0.29) is 5.97 Å². The van der Waals surface area contributed by atoms with Gasteiger partial charge in [0, 0.05) is 12.6 Å². The van der Waals surface area contributed by atoms with Crippen LogP contribution in [0.1, 0.15) is 43.0 Å². The molecule has 0 amide bonds. The molecule has 0 aliphatic carbocycles. The second-order valence-corrected chi connectivity index (χ2v) is 6.31. The maximum absolute atomic E-state index is 11.9. The van der Waals surface area contributed by atoms with Crippen molar-refractivity contribution in [1.29, 1.82) is 0 Å². The zero-order valence-electron chi connectivity index (χ0n) is 12.3. The van der Waals surface area contributed by atoms with Gasteiger partial charge in [0.05, 0.1) is 22.2 Å². The number of halogens is 2. The Hall–Kier alpha value is -0.770. The molecule has 1 saturated heterocycles. The topological polar surface area (TPSA) is 29.5 Å². The quantitative estimate of drug-likeness (QED) is 0.591. The van der Waals surface area contributed by atoms with Crippen LogP contribution in [0.3, 0.4) is 0 Å². The van der Waals surface area contributed by atoms with Gasteiger partial charge in [-0.15, -0.1) is 0 Å². The number of hydrogen-bond acceptors (Lipinski definition) is 3. The van der Waals surface area contributed by atoms with Gasteiger partial charge in [0.1, 0.15) is 0 Å². The molecular formula is C16H21Cl2NO2. The maximum atomic E-state index is 11.9. The molecule has 0 aromatic heterocycles. The number of hydrogen-bond donors (Lipinski definition) is 0. The lowest BCUT2D eigenvalue weighted by atomic mass is 10.0. The molecule has 0 spiro atoms. The van der Waals surface area contributed by atoms with E-state index >= 15 is 0 Å². The number of benzene rings is 1. The first-order valence-electron chi connectivity index (χ1n) is 7.44. The molecule has 1 aromatic carbocycles. The fraction of sp³-hybridized carbons (Fsp3) is 0.562. The van der Waals surface area contributed by atoms with Crippen molar-refractivity contribution in [3.63, 3.8) is 0 Å². The number of nitrogens with zero attached hydrogens (tertiary/aromatic N) is 1. The second kappa shape index (κ2) is 8.02. The predicted octanol–water partition coefficient (Wildman–Crippen LogP) is 4.41. The summed E-state index contributed by atoms with van der Waals surface area (Å²) >= 11 is 11.7. The highest BCUT2D eigenvalue weighted by atomic mass is 35.5. The predicted molar refractivity (Wildman–Crippen MR) is 86.2 cm³/mol. The summed E-state index contributed by atoms with van der Waals surface area (Å²) in [5.41, 5.74) is 0.441. The van der Waals surface area contributed by atoms with E-state index in [1.54, 1.807) is 18.2 Å². The lowest BCUT2D eigenvalue weighted by Gasteiger charge is -2.33. The van der Waals surface area contributed by atoms with Crippen molar-refractivity contribution in [3.05, 3.63) is 33.8 Å². The van der Waals surface area contributed by atoms with Crippen molar-refractivity contribution >= 4 is 29.2 Å². The average molecular weight is 330 g/mol. The van der Waals surface area contributed by atoms with Gasteiger partial charge in [0.2, 0.25) is 0 Å². The fourth-order valence-corrected chi connectivity index (χ4v) is 2.93. The van der Waals surface area contributed by atoms with Gasteiger partial charge in [-0.25, -0.2) is 4.79 Å². The van der Waals surface area contributed by atoms with Gasteiger partial charge in [-0.05, 0) is 50.9 Å². The van der Waals surface area contributed by atoms with Gasteiger partial charge >= 0.3 is 5.97 Å². The van der Waals surface area contributed by atoms with E-state index in [2.05, 4.69) is 11.8 Å². The molecule has 1 fully saturated rings. The zero-order valence-corrected chi connectivity index (χ0v) is 13.8. The summed E-state index contributed by atoms with van der Waals surface area (Å²) in [5.74, 6) is -0.347. The molecule has 1 aliphatic heterocycles. The Morgan fingerprint density at radius 2 is 2.14 bits per heavy atom. The van der Waals surface area contributed by atoms with E-state index in [0.717, 1.165) is 19.5 Å². The zero-order chi connectivity index (χ0) is 15.2. The third kappa shape index (κ3) is 4.87. The molecule has 0 unspecified atom stereocenters. The first kappa shape index (κ1) is 16.6. The maximum Gasteiger partial charge on any atom is 0.338 e. The van der Waals surface area contributed by atoms with Crippen LogP contribution in [-0.4, -0.2) is 36.6 Å². The van der Waals surface area contributed by atoms with Crippen LogP contribution in [0.2, 0.25) is 10.0 Å². The van der Waals surface area contributed by atoms with Crippen molar-refractivity contribution in [2.24, 2.45) is 0 Å². The van der Waals surface area contributed by atoms with E-state index in [9.17, 15) is 4.79 Å². The highest BCUT2D eigenvalue weighted by molar-refractivity contribution is 6.42. The summed E-state index contributed by atoms with van der Waals surface area (Å²) in [4.78, 5) is 14.4. The summed E-state index contributed by atoms with van der Waals surface area (Å²) in [5, 5.41) is 0.806. The molecule has 5 heteroatoms. The van der Waals surface area contributed by atoms with Crippen molar-refractivity contribution in [3.8, 4) is 0 Å². The van der Waals surface area contributed by atoms with Crippen molar-refractivity contribution < 1.29 is 9.53 Å². The van der Waals surface area contributed by atoms with Gasteiger partial charge in [0.15, 0.2) is 0 Å². The lowest BCUT2D eigenvalue weighted by Crippen LogP contribution is -2.38.